The number of alkyl halides is 3. The van der Waals surface area contributed by atoms with Gasteiger partial charge in [0.1, 0.15) is 18.4 Å². The standard InChI is InChI=1S/C19H14BrF3N4O4/c1-30-12-3-4-14(20)13(7-12)18(29)31-8-17(28)26-15-6-11(19(21,22)23)2-5-16(15)27-10-24-9-25-27/h2-7,9-10H,8H2,1H3,(H,26,28). The molecule has 1 N–H and O–H groups in total. The summed E-state index contributed by atoms with van der Waals surface area (Å²) >= 11 is 3.20. The van der Waals surface area contributed by atoms with Gasteiger partial charge in [-0.25, -0.2) is 14.5 Å². The molecule has 0 unspecified atom stereocenters. The molecule has 12 heteroatoms. The number of carbonyl (C=O) groups excluding carboxylic acids is 2. The predicted octanol–water partition coefficient (Wildman–Crippen LogP) is 3.85. The second-order valence-corrected chi connectivity index (χ2v) is 6.89. The van der Waals surface area contributed by atoms with Crippen molar-refractivity contribution < 1.29 is 32.2 Å². The maximum atomic E-state index is 13.1. The minimum Gasteiger partial charge on any atom is -0.497 e. The van der Waals surface area contributed by atoms with Crippen molar-refractivity contribution in [2.45, 2.75) is 6.18 Å². The lowest BCUT2D eigenvalue weighted by atomic mass is 10.1. The Morgan fingerprint density at radius 1 is 1.19 bits per heavy atom. The van der Waals surface area contributed by atoms with Crippen LogP contribution in [-0.2, 0) is 15.7 Å². The smallest absolute Gasteiger partial charge is 0.416 e. The van der Waals surface area contributed by atoms with Gasteiger partial charge in [0.2, 0.25) is 0 Å². The summed E-state index contributed by atoms with van der Waals surface area (Å²) in [7, 11) is 1.42. The van der Waals surface area contributed by atoms with Crippen LogP contribution >= 0.6 is 15.9 Å². The first-order chi connectivity index (χ1) is 14.7. The van der Waals surface area contributed by atoms with E-state index in [4.69, 9.17) is 9.47 Å². The van der Waals surface area contributed by atoms with Gasteiger partial charge in [-0.1, -0.05) is 0 Å². The van der Waals surface area contributed by atoms with Gasteiger partial charge in [-0.3, -0.25) is 4.79 Å². The largest absolute Gasteiger partial charge is 0.497 e. The van der Waals surface area contributed by atoms with Crippen molar-refractivity contribution in [2.24, 2.45) is 0 Å². The van der Waals surface area contributed by atoms with Gasteiger partial charge in [-0.05, 0) is 52.3 Å². The first-order valence-corrected chi connectivity index (χ1v) is 9.35. The number of amides is 1. The Morgan fingerprint density at radius 3 is 2.61 bits per heavy atom. The number of nitrogens with one attached hydrogen (secondary N) is 1. The molecule has 1 aromatic heterocycles. The molecule has 8 nitrogen and oxygen atoms in total. The van der Waals surface area contributed by atoms with Crippen molar-refractivity contribution in [3.05, 3.63) is 64.7 Å². The van der Waals surface area contributed by atoms with Crippen LogP contribution in [0.1, 0.15) is 15.9 Å². The summed E-state index contributed by atoms with van der Waals surface area (Å²) in [6.07, 6.45) is -2.17. The van der Waals surface area contributed by atoms with E-state index in [-0.39, 0.29) is 16.9 Å². The molecule has 0 saturated heterocycles. The Kier molecular flexibility index (Phi) is 6.59. The van der Waals surface area contributed by atoms with Gasteiger partial charge in [-0.2, -0.15) is 18.3 Å². The van der Waals surface area contributed by atoms with Gasteiger partial charge in [-0.15, -0.1) is 0 Å². The summed E-state index contributed by atoms with van der Waals surface area (Å²) in [5.41, 5.74) is -0.872. The van der Waals surface area contributed by atoms with Crippen LogP contribution in [-0.4, -0.2) is 40.4 Å². The van der Waals surface area contributed by atoms with Crippen molar-refractivity contribution in [2.75, 3.05) is 19.0 Å². The molecular weight excluding hydrogens is 485 g/mol. The molecule has 1 heterocycles. The average molecular weight is 499 g/mol. The minimum atomic E-state index is -4.62. The topological polar surface area (TPSA) is 95.3 Å². The van der Waals surface area contributed by atoms with E-state index in [1.807, 2.05) is 0 Å². The van der Waals surface area contributed by atoms with E-state index in [0.29, 0.717) is 10.2 Å². The summed E-state index contributed by atoms with van der Waals surface area (Å²) < 4.78 is 50.9. The number of rotatable bonds is 6. The molecule has 0 radical (unpaired) electrons. The van der Waals surface area contributed by atoms with Gasteiger partial charge in [0.15, 0.2) is 6.61 Å². The Balaban J connectivity index is 1.76. The van der Waals surface area contributed by atoms with Crippen molar-refractivity contribution in [1.82, 2.24) is 14.8 Å². The second kappa shape index (κ2) is 9.16. The second-order valence-electron chi connectivity index (χ2n) is 6.04. The molecule has 0 aliphatic heterocycles. The molecular formula is C19H14BrF3N4O4. The van der Waals surface area contributed by atoms with Crippen LogP contribution in [0.25, 0.3) is 5.69 Å². The third kappa shape index (κ3) is 5.40. The van der Waals surface area contributed by atoms with Crippen molar-refractivity contribution in [1.29, 1.82) is 0 Å². The Bertz CT molecular complexity index is 1100. The zero-order valence-electron chi connectivity index (χ0n) is 15.8. The van der Waals surface area contributed by atoms with E-state index in [2.05, 4.69) is 31.3 Å². The Hall–Kier alpha value is -3.41. The summed E-state index contributed by atoms with van der Waals surface area (Å²) in [6, 6.07) is 7.37. The predicted molar refractivity (Wildman–Crippen MR) is 106 cm³/mol. The number of aromatic nitrogens is 3. The third-order valence-corrected chi connectivity index (χ3v) is 4.68. The zero-order valence-corrected chi connectivity index (χ0v) is 17.4. The fraction of sp³-hybridized carbons (Fsp3) is 0.158. The van der Waals surface area contributed by atoms with E-state index in [1.165, 1.54) is 30.5 Å². The summed E-state index contributed by atoms with van der Waals surface area (Å²) in [6.45, 7) is -0.727. The summed E-state index contributed by atoms with van der Waals surface area (Å²) in [4.78, 5) is 28.3. The molecule has 1 amide bonds. The number of hydrogen-bond acceptors (Lipinski definition) is 6. The summed E-state index contributed by atoms with van der Waals surface area (Å²) in [5.74, 6) is -1.25. The molecule has 3 rings (SSSR count). The molecule has 31 heavy (non-hydrogen) atoms. The van der Waals surface area contributed by atoms with Crippen LogP contribution in [0.15, 0.2) is 53.5 Å². The van der Waals surface area contributed by atoms with Gasteiger partial charge >= 0.3 is 12.1 Å². The van der Waals surface area contributed by atoms with Crippen LogP contribution in [0.4, 0.5) is 18.9 Å². The normalized spacial score (nSPS) is 11.1. The molecule has 0 fully saturated rings. The van der Waals surface area contributed by atoms with Crippen LogP contribution < -0.4 is 10.1 Å². The van der Waals surface area contributed by atoms with Gasteiger partial charge in [0.25, 0.3) is 5.91 Å². The van der Waals surface area contributed by atoms with Gasteiger partial charge in [0.05, 0.1) is 29.6 Å². The number of benzene rings is 2. The molecule has 0 aliphatic carbocycles. The maximum Gasteiger partial charge on any atom is 0.416 e. The van der Waals surface area contributed by atoms with Crippen molar-refractivity contribution >= 4 is 33.5 Å². The van der Waals surface area contributed by atoms with Crippen LogP contribution in [0.2, 0.25) is 0 Å². The Morgan fingerprint density at radius 2 is 1.97 bits per heavy atom. The fourth-order valence-electron chi connectivity index (χ4n) is 2.53. The molecule has 0 spiro atoms. The first-order valence-electron chi connectivity index (χ1n) is 8.56. The lowest BCUT2D eigenvalue weighted by Crippen LogP contribution is -2.22. The van der Waals surface area contributed by atoms with E-state index in [1.54, 1.807) is 12.1 Å². The lowest BCUT2D eigenvalue weighted by molar-refractivity contribution is -0.137. The molecule has 2 aromatic carbocycles. The number of ether oxygens (including phenoxy) is 2. The molecule has 0 saturated carbocycles. The van der Waals surface area contributed by atoms with Gasteiger partial charge in [0, 0.05) is 4.47 Å². The first kappa shape index (κ1) is 22.3. The highest BCUT2D eigenvalue weighted by atomic mass is 79.9. The van der Waals surface area contributed by atoms with Crippen LogP contribution in [0, 0.1) is 0 Å². The number of anilines is 1. The van der Waals surface area contributed by atoms with E-state index < -0.39 is 30.2 Å². The number of carbonyl (C=O) groups is 2. The molecule has 0 aliphatic rings. The van der Waals surface area contributed by atoms with E-state index >= 15 is 0 Å². The number of halogens is 4. The van der Waals surface area contributed by atoms with Crippen molar-refractivity contribution in [3.63, 3.8) is 0 Å². The van der Waals surface area contributed by atoms with Crippen LogP contribution in [0.5, 0.6) is 5.75 Å². The average Bonchev–Trinajstić information content (AvgIpc) is 3.26. The Labute approximate surface area is 182 Å². The number of hydrogen-bond donors (Lipinski definition) is 1. The van der Waals surface area contributed by atoms with Crippen LogP contribution in [0.3, 0.4) is 0 Å². The van der Waals surface area contributed by atoms with E-state index in [0.717, 1.165) is 18.2 Å². The molecule has 0 atom stereocenters. The lowest BCUT2D eigenvalue weighted by Gasteiger charge is -2.14. The highest BCUT2D eigenvalue weighted by molar-refractivity contribution is 9.10. The molecule has 162 valence electrons. The number of methoxy groups -OCH3 is 1. The SMILES string of the molecule is COc1ccc(Br)c(C(=O)OCC(=O)Nc2cc(C(F)(F)F)ccc2-n2cncn2)c1. The molecule has 0 bridgehead atoms. The zero-order chi connectivity index (χ0) is 22.6. The maximum absolute atomic E-state index is 13.1. The van der Waals surface area contributed by atoms with E-state index in [9.17, 15) is 22.8 Å². The number of esters is 1. The summed E-state index contributed by atoms with van der Waals surface area (Å²) in [5, 5.41) is 6.17. The minimum absolute atomic E-state index is 0.120. The highest BCUT2D eigenvalue weighted by Gasteiger charge is 2.31. The van der Waals surface area contributed by atoms with Gasteiger partial charge < -0.3 is 14.8 Å². The fourth-order valence-corrected chi connectivity index (χ4v) is 2.94. The van der Waals surface area contributed by atoms with Crippen molar-refractivity contribution in [3.8, 4) is 11.4 Å². The third-order valence-electron chi connectivity index (χ3n) is 3.99. The highest BCUT2D eigenvalue weighted by Crippen LogP contribution is 2.33. The quantitative estimate of drug-likeness (QED) is 0.518. The number of nitrogens with zero attached hydrogens (tertiary/aromatic N) is 3. The monoisotopic (exact) mass is 498 g/mol. The molecule has 3 aromatic rings.